The van der Waals surface area contributed by atoms with Crippen LogP contribution in [0.4, 0.5) is 0 Å². The molecule has 1 aromatic heterocycles. The van der Waals surface area contributed by atoms with Gasteiger partial charge in [-0.05, 0) is 32.0 Å². The Morgan fingerprint density at radius 1 is 1.17 bits per heavy atom. The molecule has 0 unspecified atom stereocenters. The lowest BCUT2D eigenvalue weighted by atomic mass is 10.1. The van der Waals surface area contributed by atoms with Crippen LogP contribution >= 0.6 is 0 Å². The van der Waals surface area contributed by atoms with Crippen molar-refractivity contribution in [3.8, 4) is 17.1 Å². The summed E-state index contributed by atoms with van der Waals surface area (Å²) in [5.41, 5.74) is 1.98. The van der Waals surface area contributed by atoms with Gasteiger partial charge >= 0.3 is 0 Å². The number of hydrogen-bond acceptors (Lipinski definition) is 4. The lowest BCUT2D eigenvalue weighted by molar-refractivity contribution is -0.120. The van der Waals surface area contributed by atoms with Gasteiger partial charge in [0.05, 0.1) is 19.3 Å². The van der Waals surface area contributed by atoms with Crippen molar-refractivity contribution in [2.24, 2.45) is 0 Å². The molecule has 0 fully saturated rings. The first-order chi connectivity index (χ1) is 11.5. The highest BCUT2D eigenvalue weighted by atomic mass is 16.5. The van der Waals surface area contributed by atoms with E-state index >= 15 is 0 Å². The van der Waals surface area contributed by atoms with Gasteiger partial charge in [-0.1, -0.05) is 18.2 Å². The van der Waals surface area contributed by atoms with Gasteiger partial charge in [0.2, 0.25) is 11.8 Å². The van der Waals surface area contributed by atoms with Gasteiger partial charge in [-0.15, -0.1) is 0 Å². The lowest BCUT2D eigenvalue weighted by Crippen LogP contribution is -2.39. The van der Waals surface area contributed by atoms with Crippen LogP contribution in [0.5, 0.6) is 5.88 Å². The molecule has 0 saturated carbocycles. The van der Waals surface area contributed by atoms with Gasteiger partial charge in [-0.2, -0.15) is 0 Å². The normalized spacial score (nSPS) is 10.3. The molecule has 2 N–H and O–H groups in total. The topological polar surface area (TPSA) is 80.3 Å². The van der Waals surface area contributed by atoms with Crippen LogP contribution in [0, 0.1) is 0 Å². The van der Waals surface area contributed by atoms with Crippen molar-refractivity contribution in [2.75, 3.05) is 13.7 Å². The van der Waals surface area contributed by atoms with Gasteiger partial charge in [0, 0.05) is 23.2 Å². The molecular weight excluding hydrogens is 306 g/mol. The third-order valence-corrected chi connectivity index (χ3v) is 3.21. The number of rotatable bonds is 6. The fraction of sp³-hybridized carbons (Fsp3) is 0.278. The summed E-state index contributed by atoms with van der Waals surface area (Å²) < 4.78 is 5.12. The Balaban J connectivity index is 2.09. The molecule has 0 aliphatic rings. The summed E-state index contributed by atoms with van der Waals surface area (Å²) >= 11 is 0. The smallest absolute Gasteiger partial charge is 0.251 e. The zero-order valence-corrected chi connectivity index (χ0v) is 14.0. The third kappa shape index (κ3) is 4.81. The Labute approximate surface area is 141 Å². The minimum atomic E-state index is -0.307. The van der Waals surface area contributed by atoms with Gasteiger partial charge in [0.1, 0.15) is 0 Å². The second-order valence-electron chi connectivity index (χ2n) is 5.55. The van der Waals surface area contributed by atoms with Gasteiger partial charge in [0.15, 0.2) is 0 Å². The van der Waals surface area contributed by atoms with Crippen LogP contribution in [0.2, 0.25) is 0 Å². The summed E-state index contributed by atoms with van der Waals surface area (Å²) in [6.07, 6.45) is 0. The number of amides is 2. The molecule has 0 saturated heterocycles. The average Bonchev–Trinajstić information content (AvgIpc) is 2.59. The Hall–Kier alpha value is -2.89. The van der Waals surface area contributed by atoms with Gasteiger partial charge < -0.3 is 15.4 Å². The molecule has 6 nitrogen and oxygen atoms in total. The van der Waals surface area contributed by atoms with Gasteiger partial charge in [0.25, 0.3) is 5.91 Å². The first-order valence-corrected chi connectivity index (χ1v) is 7.68. The Kier molecular flexibility index (Phi) is 5.89. The number of pyridine rings is 1. The minimum Gasteiger partial charge on any atom is -0.481 e. The van der Waals surface area contributed by atoms with Gasteiger partial charge in [-0.3, -0.25) is 9.59 Å². The number of carbonyl (C=O) groups is 2. The fourth-order valence-corrected chi connectivity index (χ4v) is 2.14. The Morgan fingerprint density at radius 2 is 1.92 bits per heavy atom. The maximum absolute atomic E-state index is 12.2. The van der Waals surface area contributed by atoms with E-state index in [1.165, 1.54) is 0 Å². The van der Waals surface area contributed by atoms with Crippen molar-refractivity contribution in [2.45, 2.75) is 19.9 Å². The Bertz CT molecular complexity index is 729. The molecule has 1 aromatic carbocycles. The second-order valence-corrected chi connectivity index (χ2v) is 5.55. The third-order valence-electron chi connectivity index (χ3n) is 3.21. The number of carbonyl (C=O) groups excluding carboxylic acids is 2. The van der Waals surface area contributed by atoms with Crippen LogP contribution in [0.1, 0.15) is 24.2 Å². The van der Waals surface area contributed by atoms with Crippen molar-refractivity contribution >= 4 is 11.8 Å². The highest BCUT2D eigenvalue weighted by molar-refractivity contribution is 5.97. The van der Waals surface area contributed by atoms with E-state index in [0.717, 1.165) is 5.56 Å². The quantitative estimate of drug-likeness (QED) is 0.850. The lowest BCUT2D eigenvalue weighted by Gasteiger charge is -2.10. The number of methoxy groups -OCH3 is 1. The largest absolute Gasteiger partial charge is 0.481 e. The molecule has 6 heteroatoms. The molecule has 0 bridgehead atoms. The fourth-order valence-electron chi connectivity index (χ4n) is 2.14. The summed E-state index contributed by atoms with van der Waals surface area (Å²) in [6.45, 7) is 3.67. The number of hydrogen-bond donors (Lipinski definition) is 2. The van der Waals surface area contributed by atoms with E-state index < -0.39 is 0 Å². The Morgan fingerprint density at radius 3 is 2.62 bits per heavy atom. The molecule has 1 heterocycles. The zero-order valence-electron chi connectivity index (χ0n) is 14.0. The summed E-state index contributed by atoms with van der Waals surface area (Å²) in [4.78, 5) is 28.2. The highest BCUT2D eigenvalue weighted by Crippen LogP contribution is 2.20. The maximum Gasteiger partial charge on any atom is 0.251 e. The maximum atomic E-state index is 12.2. The first-order valence-electron chi connectivity index (χ1n) is 7.68. The minimum absolute atomic E-state index is 0.0388. The first kappa shape index (κ1) is 17.5. The van der Waals surface area contributed by atoms with E-state index in [0.29, 0.717) is 17.1 Å². The molecule has 126 valence electrons. The van der Waals surface area contributed by atoms with Crippen molar-refractivity contribution in [3.05, 3.63) is 48.0 Å². The predicted octanol–water partition coefficient (Wildman–Crippen LogP) is 2.01. The molecule has 0 aliphatic carbocycles. The summed E-state index contributed by atoms with van der Waals surface area (Å²) in [6, 6.07) is 12.5. The number of aromatic nitrogens is 1. The van der Waals surface area contributed by atoms with Crippen LogP contribution in [-0.2, 0) is 4.79 Å². The van der Waals surface area contributed by atoms with E-state index in [4.69, 9.17) is 4.74 Å². The van der Waals surface area contributed by atoms with E-state index in [1.54, 1.807) is 31.4 Å². The molecular formula is C18H21N3O3. The molecule has 24 heavy (non-hydrogen) atoms. The van der Waals surface area contributed by atoms with Crippen LogP contribution in [0.15, 0.2) is 42.5 Å². The summed E-state index contributed by atoms with van der Waals surface area (Å²) in [5, 5.41) is 5.33. The van der Waals surface area contributed by atoms with E-state index in [1.807, 2.05) is 32.0 Å². The van der Waals surface area contributed by atoms with E-state index in [2.05, 4.69) is 15.6 Å². The average molecular weight is 327 g/mol. The molecule has 2 amide bonds. The number of benzene rings is 1. The molecule has 2 aromatic rings. The zero-order chi connectivity index (χ0) is 17.5. The molecule has 0 aliphatic heterocycles. The van der Waals surface area contributed by atoms with Crippen LogP contribution in [0.3, 0.4) is 0 Å². The molecule has 0 atom stereocenters. The number of nitrogens with one attached hydrogen (secondary N) is 2. The van der Waals surface area contributed by atoms with Crippen LogP contribution in [-0.4, -0.2) is 36.5 Å². The predicted molar refractivity (Wildman–Crippen MR) is 91.8 cm³/mol. The van der Waals surface area contributed by atoms with E-state index in [9.17, 15) is 9.59 Å². The molecule has 2 rings (SSSR count). The molecule has 0 spiro atoms. The van der Waals surface area contributed by atoms with Crippen molar-refractivity contribution in [1.29, 1.82) is 0 Å². The van der Waals surface area contributed by atoms with Crippen LogP contribution < -0.4 is 15.4 Å². The molecule has 0 radical (unpaired) electrons. The number of ether oxygens (including phenoxy) is 1. The SMILES string of the molecule is COc1cccc(-c2cccc(C(=O)NCC(=O)NC(C)C)c2)n1. The monoisotopic (exact) mass is 327 g/mol. The van der Waals surface area contributed by atoms with Crippen LogP contribution in [0.25, 0.3) is 11.3 Å². The summed E-state index contributed by atoms with van der Waals surface area (Å²) in [7, 11) is 1.55. The van der Waals surface area contributed by atoms with Crippen molar-refractivity contribution in [3.63, 3.8) is 0 Å². The standard InChI is InChI=1S/C18H21N3O3/c1-12(2)20-16(22)11-19-18(23)14-7-4-6-13(10-14)15-8-5-9-17(21-15)24-3/h4-10,12H,11H2,1-3H3,(H,19,23)(H,20,22). The summed E-state index contributed by atoms with van der Waals surface area (Å²) in [5.74, 6) is -0.0182. The van der Waals surface area contributed by atoms with Crippen molar-refractivity contribution in [1.82, 2.24) is 15.6 Å². The number of nitrogens with zero attached hydrogens (tertiary/aromatic N) is 1. The van der Waals surface area contributed by atoms with Gasteiger partial charge in [-0.25, -0.2) is 4.98 Å². The van der Waals surface area contributed by atoms with E-state index in [-0.39, 0.29) is 24.4 Å². The highest BCUT2D eigenvalue weighted by Gasteiger charge is 2.10. The second kappa shape index (κ2) is 8.10. The van der Waals surface area contributed by atoms with Crippen molar-refractivity contribution < 1.29 is 14.3 Å².